The van der Waals surface area contributed by atoms with Crippen LogP contribution in [0.3, 0.4) is 0 Å². The van der Waals surface area contributed by atoms with Gasteiger partial charge in [0.25, 0.3) is 0 Å². The molecule has 1 saturated heterocycles. The molecular formula is C20H24N2O3. The Kier molecular flexibility index (Phi) is 5.34. The number of likely N-dealkylation sites (tertiary alicyclic amines) is 1. The topological polar surface area (TPSA) is 62.7 Å². The normalized spacial score (nSPS) is 18.9. The Balaban J connectivity index is 1.99. The van der Waals surface area contributed by atoms with E-state index in [1.807, 2.05) is 56.4 Å². The van der Waals surface area contributed by atoms with Crippen molar-refractivity contribution in [3.8, 4) is 5.75 Å². The number of carbonyl (C=O) groups is 1. The average molecular weight is 340 g/mol. The number of hydrogen-bond donors (Lipinski definition) is 1. The molecule has 0 radical (unpaired) electrons. The molecule has 2 aromatic rings. The van der Waals surface area contributed by atoms with Crippen LogP contribution in [0.1, 0.15) is 42.6 Å². The summed E-state index contributed by atoms with van der Waals surface area (Å²) in [6, 6.07) is 11.3. The molecule has 132 valence electrons. The van der Waals surface area contributed by atoms with Crippen LogP contribution in [0.25, 0.3) is 0 Å². The van der Waals surface area contributed by atoms with E-state index in [9.17, 15) is 9.90 Å². The Morgan fingerprint density at radius 3 is 2.68 bits per heavy atom. The monoisotopic (exact) mass is 340 g/mol. The minimum Gasteiger partial charge on any atom is -0.494 e. The van der Waals surface area contributed by atoms with Gasteiger partial charge in [-0.25, -0.2) is 0 Å². The number of carboxylic acids is 1. The smallest absolute Gasteiger partial charge is 0.320 e. The van der Waals surface area contributed by atoms with Crippen molar-refractivity contribution < 1.29 is 14.6 Å². The Hall–Kier alpha value is -2.40. The highest BCUT2D eigenvalue weighted by molar-refractivity contribution is 5.74. The van der Waals surface area contributed by atoms with Crippen molar-refractivity contribution in [1.82, 2.24) is 9.88 Å². The van der Waals surface area contributed by atoms with Gasteiger partial charge in [0.15, 0.2) is 0 Å². The van der Waals surface area contributed by atoms with Gasteiger partial charge >= 0.3 is 5.97 Å². The number of pyridine rings is 1. The number of aromatic nitrogens is 1. The van der Waals surface area contributed by atoms with E-state index in [4.69, 9.17) is 4.74 Å². The van der Waals surface area contributed by atoms with Gasteiger partial charge in [-0.1, -0.05) is 18.2 Å². The van der Waals surface area contributed by atoms with Crippen molar-refractivity contribution in [2.45, 2.75) is 38.8 Å². The second-order valence-corrected chi connectivity index (χ2v) is 6.40. The molecule has 0 amide bonds. The minimum atomic E-state index is -0.763. The lowest BCUT2D eigenvalue weighted by Crippen LogP contribution is -2.39. The summed E-state index contributed by atoms with van der Waals surface area (Å²) < 4.78 is 5.52. The van der Waals surface area contributed by atoms with Crippen LogP contribution in [-0.2, 0) is 4.79 Å². The van der Waals surface area contributed by atoms with E-state index in [-0.39, 0.29) is 6.04 Å². The molecule has 0 bridgehead atoms. The van der Waals surface area contributed by atoms with Crippen molar-refractivity contribution >= 4 is 5.97 Å². The van der Waals surface area contributed by atoms with Crippen molar-refractivity contribution in [3.63, 3.8) is 0 Å². The van der Waals surface area contributed by atoms with Crippen LogP contribution in [0, 0.1) is 6.92 Å². The van der Waals surface area contributed by atoms with Crippen LogP contribution in [0.5, 0.6) is 5.75 Å². The van der Waals surface area contributed by atoms with Gasteiger partial charge < -0.3 is 9.84 Å². The zero-order chi connectivity index (χ0) is 17.8. The van der Waals surface area contributed by atoms with E-state index in [1.165, 1.54) is 0 Å². The van der Waals surface area contributed by atoms with Crippen LogP contribution >= 0.6 is 0 Å². The van der Waals surface area contributed by atoms with Crippen LogP contribution < -0.4 is 4.74 Å². The predicted molar refractivity (Wildman–Crippen MR) is 95.8 cm³/mol. The first kappa shape index (κ1) is 17.4. The Morgan fingerprint density at radius 1 is 1.32 bits per heavy atom. The van der Waals surface area contributed by atoms with Gasteiger partial charge in [-0.15, -0.1) is 0 Å². The second kappa shape index (κ2) is 7.66. The number of aryl methyl sites for hydroxylation is 1. The number of carboxylic acid groups (broad SMARTS) is 1. The fourth-order valence-electron chi connectivity index (χ4n) is 3.45. The molecule has 1 fully saturated rings. The zero-order valence-corrected chi connectivity index (χ0v) is 14.7. The third-order valence-corrected chi connectivity index (χ3v) is 4.63. The van der Waals surface area contributed by atoms with Gasteiger partial charge in [-0.3, -0.25) is 14.7 Å². The van der Waals surface area contributed by atoms with Gasteiger partial charge in [-0.05, 0) is 56.0 Å². The third-order valence-electron chi connectivity index (χ3n) is 4.63. The van der Waals surface area contributed by atoms with Gasteiger partial charge in [-0.2, -0.15) is 0 Å². The standard InChI is InChI=1S/C20H24N2O3/c1-3-25-16-9-7-15(8-10-16)19(17-11-6-14(2)13-21-17)22-12-4-5-18(22)20(23)24/h6-11,13,18-19H,3-5,12H2,1-2H3,(H,23,24). The maximum atomic E-state index is 11.7. The highest BCUT2D eigenvalue weighted by Crippen LogP contribution is 2.34. The molecular weight excluding hydrogens is 316 g/mol. The van der Waals surface area contributed by atoms with Gasteiger partial charge in [0.05, 0.1) is 18.3 Å². The van der Waals surface area contributed by atoms with Crippen molar-refractivity contribution in [2.24, 2.45) is 0 Å². The molecule has 0 saturated carbocycles. The molecule has 1 N–H and O–H groups in total. The Morgan fingerprint density at radius 2 is 2.08 bits per heavy atom. The number of hydrogen-bond acceptors (Lipinski definition) is 4. The Labute approximate surface area is 148 Å². The van der Waals surface area contributed by atoms with Crippen molar-refractivity contribution in [1.29, 1.82) is 0 Å². The molecule has 25 heavy (non-hydrogen) atoms. The summed E-state index contributed by atoms with van der Waals surface area (Å²) in [5.41, 5.74) is 3.00. The molecule has 2 unspecified atom stereocenters. The maximum absolute atomic E-state index is 11.7. The summed E-state index contributed by atoms with van der Waals surface area (Å²) in [4.78, 5) is 18.3. The summed E-state index contributed by atoms with van der Waals surface area (Å²) >= 11 is 0. The molecule has 1 aromatic carbocycles. The summed E-state index contributed by atoms with van der Waals surface area (Å²) in [5, 5.41) is 9.60. The van der Waals surface area contributed by atoms with Gasteiger partial charge in [0, 0.05) is 12.7 Å². The van der Waals surface area contributed by atoms with Crippen LogP contribution in [0.4, 0.5) is 0 Å². The summed E-state index contributed by atoms with van der Waals surface area (Å²) in [6.45, 7) is 5.33. The zero-order valence-electron chi connectivity index (χ0n) is 14.7. The maximum Gasteiger partial charge on any atom is 0.320 e. The lowest BCUT2D eigenvalue weighted by atomic mass is 9.99. The van der Waals surface area contributed by atoms with E-state index in [0.29, 0.717) is 13.0 Å². The van der Waals surface area contributed by atoms with Crippen molar-refractivity contribution in [2.75, 3.05) is 13.2 Å². The fourth-order valence-corrected chi connectivity index (χ4v) is 3.45. The van der Waals surface area contributed by atoms with Crippen LogP contribution in [0.15, 0.2) is 42.6 Å². The largest absolute Gasteiger partial charge is 0.494 e. The molecule has 2 heterocycles. The lowest BCUT2D eigenvalue weighted by molar-refractivity contribution is -0.142. The second-order valence-electron chi connectivity index (χ2n) is 6.40. The quantitative estimate of drug-likeness (QED) is 0.873. The summed E-state index contributed by atoms with van der Waals surface area (Å²) in [7, 11) is 0. The first-order valence-corrected chi connectivity index (χ1v) is 8.74. The number of benzene rings is 1. The van der Waals surface area contributed by atoms with Gasteiger partial charge in [0.1, 0.15) is 11.8 Å². The molecule has 1 aliphatic heterocycles. The predicted octanol–water partition coefficient (Wildman–Crippen LogP) is 3.43. The van der Waals surface area contributed by atoms with E-state index >= 15 is 0 Å². The first-order chi connectivity index (χ1) is 12.1. The number of ether oxygens (including phenoxy) is 1. The number of nitrogens with zero attached hydrogens (tertiary/aromatic N) is 2. The molecule has 3 rings (SSSR count). The average Bonchev–Trinajstić information content (AvgIpc) is 3.08. The molecule has 5 nitrogen and oxygen atoms in total. The van der Waals surface area contributed by atoms with E-state index < -0.39 is 12.0 Å². The first-order valence-electron chi connectivity index (χ1n) is 8.74. The minimum absolute atomic E-state index is 0.167. The number of aliphatic carboxylic acids is 1. The van der Waals surface area contributed by atoms with Crippen molar-refractivity contribution in [3.05, 3.63) is 59.4 Å². The van der Waals surface area contributed by atoms with E-state index in [2.05, 4.69) is 9.88 Å². The highest BCUT2D eigenvalue weighted by Gasteiger charge is 2.37. The summed E-state index contributed by atoms with van der Waals surface area (Å²) in [5.74, 6) is 0.0543. The summed E-state index contributed by atoms with van der Waals surface area (Å²) in [6.07, 6.45) is 3.40. The fraction of sp³-hybridized carbons (Fsp3) is 0.400. The molecule has 0 spiro atoms. The van der Waals surface area contributed by atoms with Crippen LogP contribution in [0.2, 0.25) is 0 Å². The molecule has 5 heteroatoms. The lowest BCUT2D eigenvalue weighted by Gasteiger charge is -2.31. The number of rotatable bonds is 6. The van der Waals surface area contributed by atoms with Crippen LogP contribution in [-0.4, -0.2) is 40.2 Å². The molecule has 1 aromatic heterocycles. The highest BCUT2D eigenvalue weighted by atomic mass is 16.5. The van der Waals surface area contributed by atoms with E-state index in [1.54, 1.807) is 0 Å². The third kappa shape index (κ3) is 3.82. The SMILES string of the molecule is CCOc1ccc(C(c2ccc(C)cn2)N2CCCC2C(=O)O)cc1. The molecule has 1 aliphatic rings. The van der Waals surface area contributed by atoms with E-state index in [0.717, 1.165) is 35.5 Å². The molecule has 2 atom stereocenters. The Bertz CT molecular complexity index is 713. The van der Waals surface area contributed by atoms with Gasteiger partial charge in [0.2, 0.25) is 0 Å². The molecule has 0 aliphatic carbocycles.